The molecule has 0 aliphatic carbocycles. The molecule has 2 aromatic heterocycles. The van der Waals surface area contributed by atoms with Gasteiger partial charge in [0.1, 0.15) is 6.10 Å². The molecule has 1 saturated heterocycles. The Morgan fingerprint density at radius 2 is 2.24 bits per heavy atom. The average molecular weight is 341 g/mol. The van der Waals surface area contributed by atoms with Gasteiger partial charge in [-0.15, -0.1) is 0 Å². The van der Waals surface area contributed by atoms with E-state index in [4.69, 9.17) is 4.74 Å². The summed E-state index contributed by atoms with van der Waals surface area (Å²) in [4.78, 5) is 29.2. The van der Waals surface area contributed by atoms with Crippen LogP contribution < -0.4 is 0 Å². The Morgan fingerprint density at radius 3 is 3.00 bits per heavy atom. The van der Waals surface area contributed by atoms with Gasteiger partial charge in [-0.1, -0.05) is 6.07 Å². The van der Waals surface area contributed by atoms with Gasteiger partial charge in [0.2, 0.25) is 5.91 Å². The van der Waals surface area contributed by atoms with Crippen molar-refractivity contribution >= 4 is 5.91 Å². The van der Waals surface area contributed by atoms with Gasteiger partial charge in [-0.25, -0.2) is 0 Å². The summed E-state index contributed by atoms with van der Waals surface area (Å²) >= 11 is 0. The fraction of sp³-hybridized carbons (Fsp3) is 0.444. The molecule has 0 radical (unpaired) electrons. The Balaban J connectivity index is 1.47. The lowest BCUT2D eigenvalue weighted by Gasteiger charge is -2.33. The van der Waals surface area contributed by atoms with Gasteiger partial charge in [0.15, 0.2) is 0 Å². The second-order valence-electron chi connectivity index (χ2n) is 6.14. The van der Waals surface area contributed by atoms with Crippen LogP contribution in [0.4, 0.5) is 0 Å². The molecule has 132 valence electrons. The van der Waals surface area contributed by atoms with E-state index in [1.54, 1.807) is 24.8 Å². The minimum absolute atomic E-state index is 0.144. The smallest absolute Gasteiger partial charge is 0.224 e. The monoisotopic (exact) mass is 341 g/mol. The van der Waals surface area contributed by atoms with Crippen LogP contribution in [-0.2, 0) is 16.1 Å². The molecular weight excluding hydrogens is 318 g/mol. The molecule has 0 saturated carbocycles. The van der Waals surface area contributed by atoms with Gasteiger partial charge in [0.05, 0.1) is 30.7 Å². The quantitative estimate of drug-likeness (QED) is 0.788. The van der Waals surface area contributed by atoms with Crippen molar-refractivity contribution in [1.82, 2.24) is 24.8 Å². The summed E-state index contributed by atoms with van der Waals surface area (Å²) in [6.07, 6.45) is 7.04. The Labute approximate surface area is 147 Å². The number of nitrogens with zero attached hydrogens (tertiary/aromatic N) is 5. The van der Waals surface area contributed by atoms with Crippen molar-refractivity contribution in [3.8, 4) is 0 Å². The van der Waals surface area contributed by atoms with E-state index in [2.05, 4.69) is 19.9 Å². The molecule has 0 spiro atoms. The van der Waals surface area contributed by atoms with Gasteiger partial charge in [-0.05, 0) is 19.2 Å². The highest BCUT2D eigenvalue weighted by Crippen LogP contribution is 2.20. The minimum atomic E-state index is -0.197. The molecule has 25 heavy (non-hydrogen) atoms. The maximum absolute atomic E-state index is 12.5. The topological polar surface area (TPSA) is 71.5 Å². The van der Waals surface area contributed by atoms with Gasteiger partial charge < -0.3 is 14.5 Å². The zero-order valence-corrected chi connectivity index (χ0v) is 14.4. The van der Waals surface area contributed by atoms with Crippen molar-refractivity contribution in [2.24, 2.45) is 0 Å². The van der Waals surface area contributed by atoms with Crippen molar-refractivity contribution in [3.63, 3.8) is 0 Å². The molecule has 1 aliphatic rings. The van der Waals surface area contributed by atoms with E-state index in [0.717, 1.165) is 17.9 Å². The highest BCUT2D eigenvalue weighted by atomic mass is 16.5. The first-order chi connectivity index (χ1) is 12.2. The van der Waals surface area contributed by atoms with E-state index in [9.17, 15) is 4.79 Å². The largest absolute Gasteiger partial charge is 0.368 e. The van der Waals surface area contributed by atoms with Gasteiger partial charge in [0.25, 0.3) is 0 Å². The van der Waals surface area contributed by atoms with Gasteiger partial charge in [-0.3, -0.25) is 19.7 Å². The molecule has 3 rings (SSSR count). The number of amides is 1. The normalized spacial score (nSPS) is 17.7. The summed E-state index contributed by atoms with van der Waals surface area (Å²) in [6, 6.07) is 5.87. The van der Waals surface area contributed by atoms with Crippen molar-refractivity contribution in [1.29, 1.82) is 0 Å². The van der Waals surface area contributed by atoms with Crippen LogP contribution in [0.25, 0.3) is 0 Å². The fourth-order valence-corrected chi connectivity index (χ4v) is 2.82. The first-order valence-electron chi connectivity index (χ1n) is 8.46. The van der Waals surface area contributed by atoms with E-state index in [0.29, 0.717) is 32.7 Å². The fourth-order valence-electron chi connectivity index (χ4n) is 2.82. The lowest BCUT2D eigenvalue weighted by Crippen LogP contribution is -2.43. The number of carbonyl (C=O) groups is 1. The molecule has 2 aromatic rings. The van der Waals surface area contributed by atoms with Gasteiger partial charge in [0, 0.05) is 44.6 Å². The van der Waals surface area contributed by atoms with Crippen LogP contribution in [0.15, 0.2) is 43.0 Å². The number of hydrogen-bond acceptors (Lipinski definition) is 6. The molecule has 0 unspecified atom stereocenters. The third-order valence-corrected chi connectivity index (χ3v) is 4.20. The van der Waals surface area contributed by atoms with E-state index in [1.165, 1.54) is 0 Å². The van der Waals surface area contributed by atoms with E-state index < -0.39 is 0 Å². The molecular formula is C18H23N5O2. The Hall–Kier alpha value is -2.38. The molecule has 7 nitrogen and oxygen atoms in total. The SMILES string of the molecule is CN(CCC(=O)N1CCO[C@@H](c2cnccn2)C1)Cc1ccccn1. The Kier molecular flexibility index (Phi) is 6.03. The number of rotatable bonds is 6. The maximum Gasteiger partial charge on any atom is 0.224 e. The molecule has 1 fully saturated rings. The third kappa shape index (κ3) is 5.04. The number of pyridine rings is 1. The van der Waals surface area contributed by atoms with Crippen LogP contribution in [0.3, 0.4) is 0 Å². The summed E-state index contributed by atoms with van der Waals surface area (Å²) in [7, 11) is 2.00. The summed E-state index contributed by atoms with van der Waals surface area (Å²) < 4.78 is 5.73. The molecule has 0 N–H and O–H groups in total. The molecule has 1 atom stereocenters. The lowest BCUT2D eigenvalue weighted by molar-refractivity contribution is -0.139. The zero-order valence-electron chi connectivity index (χ0n) is 14.4. The highest BCUT2D eigenvalue weighted by Gasteiger charge is 2.26. The number of ether oxygens (including phenoxy) is 1. The summed E-state index contributed by atoms with van der Waals surface area (Å²) in [5.74, 6) is 0.144. The highest BCUT2D eigenvalue weighted by molar-refractivity contribution is 5.76. The summed E-state index contributed by atoms with van der Waals surface area (Å²) in [6.45, 7) is 3.11. The molecule has 0 bridgehead atoms. The average Bonchev–Trinajstić information content (AvgIpc) is 2.68. The standard InChI is InChI=1S/C18H23N5O2/c1-22(13-15-4-2-3-6-20-15)9-5-18(24)23-10-11-25-17(14-23)16-12-19-7-8-21-16/h2-4,6-8,12,17H,5,9-11,13-14H2,1H3/t17-/m1/s1. The third-order valence-electron chi connectivity index (χ3n) is 4.20. The second-order valence-corrected chi connectivity index (χ2v) is 6.14. The van der Waals surface area contributed by atoms with E-state index >= 15 is 0 Å². The second kappa shape index (κ2) is 8.64. The van der Waals surface area contributed by atoms with Crippen LogP contribution in [0, 0.1) is 0 Å². The minimum Gasteiger partial charge on any atom is -0.368 e. The zero-order chi connectivity index (χ0) is 17.5. The Morgan fingerprint density at radius 1 is 1.32 bits per heavy atom. The molecule has 7 heteroatoms. The van der Waals surface area contributed by atoms with Crippen molar-refractivity contribution in [2.75, 3.05) is 33.3 Å². The van der Waals surface area contributed by atoms with Crippen LogP contribution in [0.2, 0.25) is 0 Å². The summed E-state index contributed by atoms with van der Waals surface area (Å²) in [5.41, 5.74) is 1.78. The van der Waals surface area contributed by atoms with Crippen LogP contribution >= 0.6 is 0 Å². The number of carbonyl (C=O) groups excluding carboxylic acids is 1. The van der Waals surface area contributed by atoms with Gasteiger partial charge in [-0.2, -0.15) is 0 Å². The van der Waals surface area contributed by atoms with E-state index in [1.807, 2.05) is 30.1 Å². The first kappa shape index (κ1) is 17.4. The van der Waals surface area contributed by atoms with Gasteiger partial charge >= 0.3 is 0 Å². The molecule has 1 amide bonds. The molecule has 0 aromatic carbocycles. The molecule has 1 aliphatic heterocycles. The first-order valence-corrected chi connectivity index (χ1v) is 8.46. The van der Waals surface area contributed by atoms with Crippen LogP contribution in [-0.4, -0.2) is 63.9 Å². The van der Waals surface area contributed by atoms with Crippen molar-refractivity contribution in [3.05, 3.63) is 54.4 Å². The van der Waals surface area contributed by atoms with Crippen LogP contribution in [0.5, 0.6) is 0 Å². The van der Waals surface area contributed by atoms with Crippen LogP contribution in [0.1, 0.15) is 23.9 Å². The Bertz CT molecular complexity index is 668. The number of aromatic nitrogens is 3. The maximum atomic E-state index is 12.5. The lowest BCUT2D eigenvalue weighted by atomic mass is 10.2. The van der Waals surface area contributed by atoms with Crippen molar-refractivity contribution in [2.45, 2.75) is 19.1 Å². The predicted molar refractivity (Wildman–Crippen MR) is 92.5 cm³/mol. The number of hydrogen-bond donors (Lipinski definition) is 0. The molecule has 3 heterocycles. The predicted octanol–water partition coefficient (Wildman–Crippen LogP) is 1.29. The van der Waals surface area contributed by atoms with Crippen molar-refractivity contribution < 1.29 is 9.53 Å². The number of morpholine rings is 1. The van der Waals surface area contributed by atoms with E-state index in [-0.39, 0.29) is 12.0 Å². The summed E-state index contributed by atoms with van der Waals surface area (Å²) in [5, 5.41) is 0.